The SMILES string of the molecule is CNc1nc(N)nc(C)c1-c1ccc(OC)c(O[C@H]2C[C@H](CN(C)C)C2)c1. The Morgan fingerprint density at radius 1 is 1.22 bits per heavy atom. The van der Waals surface area contributed by atoms with Crippen molar-refractivity contribution < 1.29 is 9.47 Å². The molecule has 7 nitrogen and oxygen atoms in total. The van der Waals surface area contributed by atoms with Gasteiger partial charge in [0.1, 0.15) is 5.82 Å². The molecule has 1 saturated carbocycles. The molecule has 146 valence electrons. The van der Waals surface area contributed by atoms with E-state index in [2.05, 4.69) is 34.3 Å². The van der Waals surface area contributed by atoms with Crippen LogP contribution < -0.4 is 20.5 Å². The van der Waals surface area contributed by atoms with Gasteiger partial charge in [-0.2, -0.15) is 4.98 Å². The highest BCUT2D eigenvalue weighted by Crippen LogP contribution is 2.39. The minimum Gasteiger partial charge on any atom is -0.493 e. The Bertz CT molecular complexity index is 803. The highest BCUT2D eigenvalue weighted by Gasteiger charge is 2.31. The van der Waals surface area contributed by atoms with Crippen molar-refractivity contribution >= 4 is 11.8 Å². The lowest BCUT2D eigenvalue weighted by molar-refractivity contribution is 0.0495. The van der Waals surface area contributed by atoms with Gasteiger partial charge in [-0.05, 0) is 57.5 Å². The van der Waals surface area contributed by atoms with Crippen molar-refractivity contribution in [3.63, 3.8) is 0 Å². The summed E-state index contributed by atoms with van der Waals surface area (Å²) in [5.41, 5.74) is 8.49. The second kappa shape index (κ2) is 8.00. The molecular formula is C20H29N5O2. The number of aromatic nitrogens is 2. The van der Waals surface area contributed by atoms with Gasteiger partial charge in [-0.15, -0.1) is 0 Å². The topological polar surface area (TPSA) is 85.5 Å². The lowest BCUT2D eigenvalue weighted by Gasteiger charge is -2.37. The Labute approximate surface area is 160 Å². The normalized spacial score (nSPS) is 18.9. The smallest absolute Gasteiger partial charge is 0.222 e. The molecule has 1 aromatic heterocycles. The number of nitrogen functional groups attached to an aromatic ring is 1. The zero-order chi connectivity index (χ0) is 19.6. The third kappa shape index (κ3) is 4.24. The van der Waals surface area contributed by atoms with Gasteiger partial charge >= 0.3 is 0 Å². The lowest BCUT2D eigenvalue weighted by Crippen LogP contribution is -2.39. The number of nitrogens with one attached hydrogen (secondary N) is 1. The predicted molar refractivity (Wildman–Crippen MR) is 108 cm³/mol. The predicted octanol–water partition coefficient (Wildman–Crippen LogP) is 2.80. The summed E-state index contributed by atoms with van der Waals surface area (Å²) in [5.74, 6) is 3.14. The van der Waals surface area contributed by atoms with Crippen molar-refractivity contribution in [2.24, 2.45) is 5.92 Å². The number of hydrogen-bond donors (Lipinski definition) is 2. The maximum atomic E-state index is 6.25. The van der Waals surface area contributed by atoms with Crippen LogP contribution in [-0.2, 0) is 0 Å². The summed E-state index contributed by atoms with van der Waals surface area (Å²) < 4.78 is 11.8. The molecule has 0 unspecified atom stereocenters. The summed E-state index contributed by atoms with van der Waals surface area (Å²) in [6.07, 6.45) is 2.36. The molecule has 3 rings (SSSR count). The second-order valence-electron chi connectivity index (χ2n) is 7.35. The van der Waals surface area contributed by atoms with E-state index in [9.17, 15) is 0 Å². The maximum absolute atomic E-state index is 6.25. The van der Waals surface area contributed by atoms with Gasteiger partial charge in [0.15, 0.2) is 11.5 Å². The van der Waals surface area contributed by atoms with Crippen LogP contribution in [0.4, 0.5) is 11.8 Å². The Kier molecular flexibility index (Phi) is 5.70. The van der Waals surface area contributed by atoms with Gasteiger partial charge in [-0.3, -0.25) is 0 Å². The van der Waals surface area contributed by atoms with Crippen molar-refractivity contribution in [2.75, 3.05) is 45.8 Å². The zero-order valence-corrected chi connectivity index (χ0v) is 16.7. The Morgan fingerprint density at radius 3 is 2.59 bits per heavy atom. The van der Waals surface area contributed by atoms with E-state index in [0.29, 0.717) is 11.7 Å². The van der Waals surface area contributed by atoms with E-state index in [0.717, 1.165) is 47.7 Å². The summed E-state index contributed by atoms with van der Waals surface area (Å²) in [6.45, 7) is 3.03. The summed E-state index contributed by atoms with van der Waals surface area (Å²) in [5, 5.41) is 3.10. The van der Waals surface area contributed by atoms with Crippen LogP contribution in [0.15, 0.2) is 18.2 Å². The molecule has 1 fully saturated rings. The fraction of sp³-hybridized carbons (Fsp3) is 0.500. The summed E-state index contributed by atoms with van der Waals surface area (Å²) in [7, 11) is 7.70. The number of nitrogens with two attached hydrogens (primary N) is 1. The Hall–Kier alpha value is -2.54. The first-order valence-corrected chi connectivity index (χ1v) is 9.23. The number of rotatable bonds is 7. The van der Waals surface area contributed by atoms with E-state index in [1.54, 1.807) is 7.11 Å². The monoisotopic (exact) mass is 371 g/mol. The van der Waals surface area contributed by atoms with Crippen LogP contribution in [0.3, 0.4) is 0 Å². The molecule has 7 heteroatoms. The molecule has 1 aliphatic rings. The van der Waals surface area contributed by atoms with Crippen molar-refractivity contribution in [3.8, 4) is 22.6 Å². The average molecular weight is 371 g/mol. The molecule has 0 spiro atoms. The zero-order valence-electron chi connectivity index (χ0n) is 16.7. The van der Waals surface area contributed by atoms with Crippen molar-refractivity contribution in [1.29, 1.82) is 0 Å². The van der Waals surface area contributed by atoms with E-state index in [1.165, 1.54) is 0 Å². The molecule has 0 atom stereocenters. The molecule has 1 aromatic carbocycles. The Balaban J connectivity index is 1.85. The van der Waals surface area contributed by atoms with Crippen molar-refractivity contribution in [1.82, 2.24) is 14.9 Å². The van der Waals surface area contributed by atoms with E-state index in [1.807, 2.05) is 32.2 Å². The molecule has 0 amide bonds. The maximum Gasteiger partial charge on any atom is 0.222 e. The van der Waals surface area contributed by atoms with Gasteiger partial charge in [0.2, 0.25) is 5.95 Å². The van der Waals surface area contributed by atoms with Gasteiger partial charge in [-0.25, -0.2) is 4.98 Å². The standard InChI is InChI=1S/C20H29N5O2/c1-12-18(19(22-2)24-20(21)23-12)14-6-7-16(26-5)17(10-14)27-15-8-13(9-15)11-25(3)4/h6-7,10,13,15H,8-9,11H2,1-5H3,(H3,21,22,23,24)/t13-,15-. The fourth-order valence-electron chi connectivity index (χ4n) is 3.66. The van der Waals surface area contributed by atoms with Gasteiger partial charge in [-0.1, -0.05) is 6.07 Å². The molecule has 0 bridgehead atoms. The van der Waals surface area contributed by atoms with Crippen LogP contribution in [0.25, 0.3) is 11.1 Å². The van der Waals surface area contributed by atoms with E-state index in [4.69, 9.17) is 15.2 Å². The number of aryl methyl sites for hydroxylation is 1. The number of methoxy groups -OCH3 is 1. The molecule has 0 aliphatic heterocycles. The number of benzene rings is 1. The van der Waals surface area contributed by atoms with Crippen LogP contribution >= 0.6 is 0 Å². The first-order chi connectivity index (χ1) is 12.9. The lowest BCUT2D eigenvalue weighted by atomic mass is 9.82. The minimum atomic E-state index is 0.228. The molecule has 0 radical (unpaired) electrons. The van der Waals surface area contributed by atoms with Crippen LogP contribution in [-0.4, -0.2) is 55.8 Å². The number of hydrogen-bond acceptors (Lipinski definition) is 7. The molecule has 27 heavy (non-hydrogen) atoms. The minimum absolute atomic E-state index is 0.228. The first kappa shape index (κ1) is 19.2. The molecule has 0 saturated heterocycles. The third-order valence-corrected chi connectivity index (χ3v) is 4.91. The number of nitrogens with zero attached hydrogens (tertiary/aromatic N) is 3. The molecule has 1 heterocycles. The van der Waals surface area contributed by atoms with Gasteiger partial charge in [0, 0.05) is 19.2 Å². The van der Waals surface area contributed by atoms with Crippen molar-refractivity contribution in [3.05, 3.63) is 23.9 Å². The number of anilines is 2. The summed E-state index contributed by atoms with van der Waals surface area (Å²) in [6, 6.07) is 5.92. The van der Waals surface area contributed by atoms with E-state index < -0.39 is 0 Å². The molecule has 1 aliphatic carbocycles. The fourth-order valence-corrected chi connectivity index (χ4v) is 3.66. The highest BCUT2D eigenvalue weighted by atomic mass is 16.5. The van der Waals surface area contributed by atoms with Crippen LogP contribution in [0.2, 0.25) is 0 Å². The first-order valence-electron chi connectivity index (χ1n) is 9.23. The van der Waals surface area contributed by atoms with Crippen LogP contribution in [0.5, 0.6) is 11.5 Å². The molecular weight excluding hydrogens is 342 g/mol. The van der Waals surface area contributed by atoms with Crippen molar-refractivity contribution in [2.45, 2.75) is 25.9 Å². The number of ether oxygens (including phenoxy) is 2. The quantitative estimate of drug-likeness (QED) is 0.774. The molecule has 3 N–H and O–H groups in total. The average Bonchev–Trinajstić information content (AvgIpc) is 2.58. The second-order valence-corrected chi connectivity index (χ2v) is 7.35. The summed E-state index contributed by atoms with van der Waals surface area (Å²) in [4.78, 5) is 10.8. The largest absolute Gasteiger partial charge is 0.493 e. The summed E-state index contributed by atoms with van der Waals surface area (Å²) >= 11 is 0. The third-order valence-electron chi connectivity index (χ3n) is 4.91. The van der Waals surface area contributed by atoms with Crippen LogP contribution in [0, 0.1) is 12.8 Å². The van der Waals surface area contributed by atoms with E-state index in [-0.39, 0.29) is 12.1 Å². The van der Waals surface area contributed by atoms with Gasteiger partial charge < -0.3 is 25.4 Å². The molecule has 2 aromatic rings. The van der Waals surface area contributed by atoms with E-state index >= 15 is 0 Å². The Morgan fingerprint density at radius 2 is 1.96 bits per heavy atom. The van der Waals surface area contributed by atoms with Gasteiger partial charge in [0.05, 0.1) is 18.9 Å². The van der Waals surface area contributed by atoms with Gasteiger partial charge in [0.25, 0.3) is 0 Å². The van der Waals surface area contributed by atoms with Crippen LogP contribution in [0.1, 0.15) is 18.5 Å². The highest BCUT2D eigenvalue weighted by molar-refractivity contribution is 5.79.